The lowest BCUT2D eigenvalue weighted by atomic mass is 9.88. The number of carboxylic acids is 1. The Morgan fingerprint density at radius 2 is 2.14 bits per heavy atom. The standard InChI is InChI=1S/C13H14Cl2N2O4/c1-2-7(12(19)20)11(18)17-13(5-21-6-13)8-3-4-9(14)16-10(8)15/h3-4,7H,2,5-6H2,1H3,(H,17,18)(H,19,20). The van der Waals surface area contributed by atoms with Crippen molar-refractivity contribution in [1.82, 2.24) is 10.3 Å². The zero-order valence-corrected chi connectivity index (χ0v) is 12.7. The number of hydrogen-bond acceptors (Lipinski definition) is 4. The summed E-state index contributed by atoms with van der Waals surface area (Å²) in [6.07, 6.45) is 0.199. The van der Waals surface area contributed by atoms with Crippen molar-refractivity contribution < 1.29 is 19.4 Å². The molecule has 1 aliphatic heterocycles. The van der Waals surface area contributed by atoms with E-state index in [1.165, 1.54) is 0 Å². The maximum Gasteiger partial charge on any atom is 0.316 e. The maximum absolute atomic E-state index is 12.1. The molecule has 1 amide bonds. The van der Waals surface area contributed by atoms with Crippen LogP contribution in [0.2, 0.25) is 10.3 Å². The zero-order chi connectivity index (χ0) is 15.6. The number of pyridine rings is 1. The highest BCUT2D eigenvalue weighted by Crippen LogP contribution is 2.34. The van der Waals surface area contributed by atoms with E-state index in [9.17, 15) is 9.59 Å². The van der Waals surface area contributed by atoms with Gasteiger partial charge in [-0.1, -0.05) is 36.2 Å². The molecule has 0 aromatic carbocycles. The number of aliphatic carboxylic acids is 1. The Morgan fingerprint density at radius 1 is 1.48 bits per heavy atom. The second kappa shape index (κ2) is 6.17. The molecular formula is C13H14Cl2N2O4. The molecule has 1 fully saturated rings. The number of rotatable bonds is 5. The van der Waals surface area contributed by atoms with Crippen LogP contribution in [0, 0.1) is 5.92 Å². The van der Waals surface area contributed by atoms with Crippen LogP contribution in [0.4, 0.5) is 0 Å². The van der Waals surface area contributed by atoms with Gasteiger partial charge in [-0.25, -0.2) is 4.98 Å². The van der Waals surface area contributed by atoms with Gasteiger partial charge in [-0.3, -0.25) is 9.59 Å². The lowest BCUT2D eigenvalue weighted by Gasteiger charge is -2.43. The highest BCUT2D eigenvalue weighted by atomic mass is 35.5. The molecule has 1 atom stereocenters. The Labute approximate surface area is 131 Å². The summed E-state index contributed by atoms with van der Waals surface area (Å²) >= 11 is 11.8. The van der Waals surface area contributed by atoms with E-state index in [2.05, 4.69) is 10.3 Å². The monoisotopic (exact) mass is 332 g/mol. The first-order valence-corrected chi connectivity index (χ1v) is 7.10. The molecule has 2 N–H and O–H groups in total. The molecule has 1 saturated heterocycles. The van der Waals surface area contributed by atoms with Crippen LogP contribution in [-0.4, -0.2) is 35.2 Å². The molecule has 114 valence electrons. The number of halogens is 2. The molecule has 0 saturated carbocycles. The van der Waals surface area contributed by atoms with Crippen molar-refractivity contribution in [3.8, 4) is 0 Å². The molecule has 1 aromatic heterocycles. The molecule has 8 heteroatoms. The molecule has 1 aliphatic rings. The molecule has 2 rings (SSSR count). The molecule has 0 aliphatic carbocycles. The summed E-state index contributed by atoms with van der Waals surface area (Å²) in [7, 11) is 0. The third-order valence-corrected chi connectivity index (χ3v) is 3.91. The number of ether oxygens (including phenoxy) is 1. The lowest BCUT2D eigenvalue weighted by molar-refractivity contribution is -0.151. The fraction of sp³-hybridized carbons (Fsp3) is 0.462. The highest BCUT2D eigenvalue weighted by molar-refractivity contribution is 6.33. The van der Waals surface area contributed by atoms with E-state index in [0.717, 1.165) is 0 Å². The first-order valence-electron chi connectivity index (χ1n) is 6.34. The van der Waals surface area contributed by atoms with E-state index < -0.39 is 23.3 Å². The number of amides is 1. The fourth-order valence-electron chi connectivity index (χ4n) is 2.17. The quantitative estimate of drug-likeness (QED) is 0.634. The minimum absolute atomic E-state index is 0.162. The summed E-state index contributed by atoms with van der Waals surface area (Å²) in [5.41, 5.74) is -0.289. The van der Waals surface area contributed by atoms with Gasteiger partial charge in [0, 0.05) is 5.56 Å². The average molecular weight is 333 g/mol. The summed E-state index contributed by atoms with van der Waals surface area (Å²) < 4.78 is 5.17. The molecule has 1 aromatic rings. The van der Waals surface area contributed by atoms with E-state index in [4.69, 9.17) is 33.0 Å². The Bertz CT molecular complexity index is 575. The number of carboxylic acid groups (broad SMARTS) is 1. The second-order valence-electron chi connectivity index (χ2n) is 4.84. The van der Waals surface area contributed by atoms with Gasteiger partial charge < -0.3 is 15.2 Å². The number of carbonyl (C=O) groups excluding carboxylic acids is 1. The van der Waals surface area contributed by atoms with Crippen LogP contribution in [0.1, 0.15) is 18.9 Å². The number of aromatic nitrogens is 1. The van der Waals surface area contributed by atoms with E-state index >= 15 is 0 Å². The SMILES string of the molecule is CCC(C(=O)O)C(=O)NC1(c2ccc(Cl)nc2Cl)COC1. The molecule has 21 heavy (non-hydrogen) atoms. The highest BCUT2D eigenvalue weighted by Gasteiger charge is 2.45. The molecular weight excluding hydrogens is 319 g/mol. The van der Waals surface area contributed by atoms with Crippen LogP contribution in [0.15, 0.2) is 12.1 Å². The summed E-state index contributed by atoms with van der Waals surface area (Å²) in [5, 5.41) is 12.2. The smallest absolute Gasteiger partial charge is 0.316 e. The maximum atomic E-state index is 12.1. The molecule has 0 spiro atoms. The van der Waals surface area contributed by atoms with Crippen molar-refractivity contribution in [3.05, 3.63) is 28.0 Å². The second-order valence-corrected chi connectivity index (χ2v) is 5.58. The fourth-order valence-corrected chi connectivity index (χ4v) is 2.69. The van der Waals surface area contributed by atoms with Gasteiger partial charge in [-0.05, 0) is 12.5 Å². The summed E-state index contributed by atoms with van der Waals surface area (Å²) in [5.74, 6) is -2.84. The molecule has 6 nitrogen and oxygen atoms in total. The van der Waals surface area contributed by atoms with Gasteiger partial charge in [0.25, 0.3) is 0 Å². The molecule has 0 bridgehead atoms. The van der Waals surface area contributed by atoms with Crippen LogP contribution in [-0.2, 0) is 19.9 Å². The summed E-state index contributed by atoms with van der Waals surface area (Å²) in [6.45, 7) is 2.05. The van der Waals surface area contributed by atoms with E-state index in [1.807, 2.05) is 0 Å². The van der Waals surface area contributed by atoms with Crippen LogP contribution in [0.25, 0.3) is 0 Å². The van der Waals surface area contributed by atoms with Gasteiger partial charge in [0.1, 0.15) is 21.8 Å². The summed E-state index contributed by atoms with van der Waals surface area (Å²) in [4.78, 5) is 27.1. The largest absolute Gasteiger partial charge is 0.481 e. The van der Waals surface area contributed by atoms with Crippen molar-refractivity contribution in [2.45, 2.75) is 18.9 Å². The lowest BCUT2D eigenvalue weighted by Crippen LogP contribution is -2.61. The Kier molecular flexibility index (Phi) is 4.70. The van der Waals surface area contributed by atoms with Crippen LogP contribution < -0.4 is 5.32 Å². The van der Waals surface area contributed by atoms with Crippen molar-refractivity contribution in [1.29, 1.82) is 0 Å². The number of nitrogens with zero attached hydrogens (tertiary/aromatic N) is 1. The summed E-state index contributed by atoms with van der Waals surface area (Å²) in [6, 6.07) is 3.21. The third-order valence-electron chi connectivity index (χ3n) is 3.41. The van der Waals surface area contributed by atoms with Crippen molar-refractivity contribution >= 4 is 35.1 Å². The van der Waals surface area contributed by atoms with Gasteiger partial charge in [0.05, 0.1) is 13.2 Å². The van der Waals surface area contributed by atoms with Crippen LogP contribution in [0.5, 0.6) is 0 Å². The minimum atomic E-state index is -1.16. The van der Waals surface area contributed by atoms with Gasteiger partial charge >= 0.3 is 5.97 Å². The predicted octanol–water partition coefficient (Wildman–Crippen LogP) is 1.84. The average Bonchev–Trinajstić information content (AvgIpc) is 2.35. The first-order chi connectivity index (χ1) is 9.89. The molecule has 1 unspecified atom stereocenters. The van der Waals surface area contributed by atoms with E-state index in [1.54, 1.807) is 19.1 Å². The Hall–Kier alpha value is -1.37. The van der Waals surface area contributed by atoms with E-state index in [-0.39, 0.29) is 29.9 Å². The van der Waals surface area contributed by atoms with E-state index in [0.29, 0.717) is 5.56 Å². The minimum Gasteiger partial charge on any atom is -0.481 e. The van der Waals surface area contributed by atoms with Crippen LogP contribution >= 0.6 is 23.2 Å². The predicted molar refractivity (Wildman–Crippen MR) is 76.3 cm³/mol. The van der Waals surface area contributed by atoms with Gasteiger partial charge in [0.15, 0.2) is 0 Å². The van der Waals surface area contributed by atoms with Crippen LogP contribution in [0.3, 0.4) is 0 Å². The molecule has 0 radical (unpaired) electrons. The number of nitrogens with one attached hydrogen (secondary N) is 1. The van der Waals surface area contributed by atoms with Crippen molar-refractivity contribution in [2.75, 3.05) is 13.2 Å². The van der Waals surface area contributed by atoms with Crippen molar-refractivity contribution in [3.63, 3.8) is 0 Å². The zero-order valence-electron chi connectivity index (χ0n) is 11.2. The molecule has 2 heterocycles. The number of hydrogen-bond donors (Lipinski definition) is 2. The van der Waals surface area contributed by atoms with Gasteiger partial charge in [0.2, 0.25) is 5.91 Å². The van der Waals surface area contributed by atoms with Crippen molar-refractivity contribution in [2.24, 2.45) is 5.92 Å². The van der Waals surface area contributed by atoms with Gasteiger partial charge in [-0.15, -0.1) is 0 Å². The number of carbonyl (C=O) groups is 2. The Morgan fingerprint density at radius 3 is 2.57 bits per heavy atom. The Balaban J connectivity index is 2.26. The van der Waals surface area contributed by atoms with Gasteiger partial charge in [-0.2, -0.15) is 0 Å². The normalized spacial score (nSPS) is 17.7. The first kappa shape index (κ1) is 16.0. The third kappa shape index (κ3) is 3.12. The topological polar surface area (TPSA) is 88.5 Å².